The molecule has 0 fully saturated rings. The van der Waals surface area contributed by atoms with Gasteiger partial charge in [0.15, 0.2) is 0 Å². The van der Waals surface area contributed by atoms with Crippen LogP contribution in [-0.4, -0.2) is 34.6 Å². The van der Waals surface area contributed by atoms with Crippen LogP contribution in [0.15, 0.2) is 30.6 Å². The summed E-state index contributed by atoms with van der Waals surface area (Å²) in [5, 5.41) is 16.3. The lowest BCUT2D eigenvalue weighted by atomic mass is 10.1. The molecule has 0 saturated carbocycles. The fraction of sp³-hybridized carbons (Fsp3) is 0.231. The predicted octanol–water partition coefficient (Wildman–Crippen LogP) is 1.55. The van der Waals surface area contributed by atoms with Crippen LogP contribution in [0.3, 0.4) is 0 Å². The van der Waals surface area contributed by atoms with Crippen LogP contribution >= 0.6 is 0 Å². The molecule has 0 spiro atoms. The number of hydrogen-bond acceptors (Lipinski definition) is 5. The first-order valence-electron chi connectivity index (χ1n) is 6.02. The van der Waals surface area contributed by atoms with Crippen LogP contribution in [0.25, 0.3) is 0 Å². The molecule has 7 nitrogen and oxygen atoms in total. The molecule has 0 bridgehead atoms. The van der Waals surface area contributed by atoms with Gasteiger partial charge in [-0.3, -0.25) is 4.68 Å². The van der Waals surface area contributed by atoms with Gasteiger partial charge in [0.2, 0.25) is 0 Å². The van der Waals surface area contributed by atoms with E-state index in [9.17, 15) is 4.79 Å². The Morgan fingerprint density at radius 2 is 2.35 bits per heavy atom. The summed E-state index contributed by atoms with van der Waals surface area (Å²) in [6.07, 6.45) is 3.37. The molecule has 1 aromatic carbocycles. The summed E-state index contributed by atoms with van der Waals surface area (Å²) in [5.41, 5.74) is 7.35. The zero-order chi connectivity index (χ0) is 14.5. The fourth-order valence-electron chi connectivity index (χ4n) is 1.77. The Morgan fingerprint density at radius 1 is 1.55 bits per heavy atom. The Morgan fingerprint density at radius 3 is 3.05 bits per heavy atom. The highest BCUT2D eigenvalue weighted by atomic mass is 16.5. The summed E-state index contributed by atoms with van der Waals surface area (Å²) in [6.45, 7) is 1.17. The van der Waals surface area contributed by atoms with E-state index in [2.05, 4.69) is 10.4 Å². The van der Waals surface area contributed by atoms with Gasteiger partial charge in [0, 0.05) is 13.3 Å². The van der Waals surface area contributed by atoms with Crippen molar-refractivity contribution in [3.05, 3.63) is 36.2 Å². The first kappa shape index (κ1) is 13.9. The van der Waals surface area contributed by atoms with Crippen molar-refractivity contribution in [1.29, 1.82) is 0 Å². The van der Waals surface area contributed by atoms with Gasteiger partial charge in [0.25, 0.3) is 0 Å². The second-order valence-electron chi connectivity index (χ2n) is 4.18. The van der Waals surface area contributed by atoms with E-state index in [0.717, 1.165) is 0 Å². The summed E-state index contributed by atoms with van der Waals surface area (Å²) < 4.78 is 6.66. The average Bonchev–Trinajstić information content (AvgIpc) is 2.86. The molecule has 7 heteroatoms. The maximum atomic E-state index is 11.2. The van der Waals surface area contributed by atoms with Gasteiger partial charge in [-0.05, 0) is 12.1 Å². The standard InChI is InChI=1S/C13H16N4O3/c1-20-6-5-17-8-9(7-15-17)16-12-10(13(18)19)3-2-4-11(12)14/h2-4,7-8,16H,5-6,14H2,1H3,(H,18,19). The first-order valence-corrected chi connectivity index (χ1v) is 6.02. The van der Waals surface area contributed by atoms with Crippen LogP contribution in [0.2, 0.25) is 0 Å². The van der Waals surface area contributed by atoms with Crippen molar-refractivity contribution < 1.29 is 14.6 Å². The molecule has 0 amide bonds. The number of nitrogens with zero attached hydrogens (tertiary/aromatic N) is 2. The third-order valence-corrected chi connectivity index (χ3v) is 2.75. The number of carboxylic acids is 1. The van der Waals surface area contributed by atoms with Crippen molar-refractivity contribution >= 4 is 23.0 Å². The molecule has 0 unspecified atom stereocenters. The molecule has 1 aromatic heterocycles. The number of rotatable bonds is 6. The number of hydrogen-bond donors (Lipinski definition) is 3. The second-order valence-corrected chi connectivity index (χ2v) is 4.18. The lowest BCUT2D eigenvalue weighted by molar-refractivity contribution is 0.0698. The van der Waals surface area contributed by atoms with Crippen LogP contribution in [0.1, 0.15) is 10.4 Å². The Kier molecular flexibility index (Phi) is 4.21. The molecule has 106 valence electrons. The predicted molar refractivity (Wildman–Crippen MR) is 75.2 cm³/mol. The Hall–Kier alpha value is -2.54. The third kappa shape index (κ3) is 3.07. The number of nitrogen functional groups attached to an aromatic ring is 1. The summed E-state index contributed by atoms with van der Waals surface area (Å²) in [5.74, 6) is -1.04. The Labute approximate surface area is 116 Å². The summed E-state index contributed by atoms with van der Waals surface area (Å²) in [4.78, 5) is 11.2. The number of ether oxygens (including phenoxy) is 1. The lowest BCUT2D eigenvalue weighted by Gasteiger charge is -2.10. The lowest BCUT2D eigenvalue weighted by Crippen LogP contribution is -2.06. The van der Waals surface area contributed by atoms with Gasteiger partial charge in [-0.15, -0.1) is 0 Å². The minimum absolute atomic E-state index is 0.120. The maximum Gasteiger partial charge on any atom is 0.337 e. The zero-order valence-corrected chi connectivity index (χ0v) is 11.0. The smallest absolute Gasteiger partial charge is 0.337 e. The Bertz CT molecular complexity index is 609. The van der Waals surface area contributed by atoms with Gasteiger partial charge in [-0.25, -0.2) is 4.79 Å². The van der Waals surface area contributed by atoms with Gasteiger partial charge in [0.05, 0.1) is 42.0 Å². The van der Waals surface area contributed by atoms with Crippen molar-refractivity contribution in [3.8, 4) is 0 Å². The number of aromatic nitrogens is 2. The molecule has 2 aromatic rings. The number of nitrogens with one attached hydrogen (secondary N) is 1. The fourth-order valence-corrected chi connectivity index (χ4v) is 1.77. The number of methoxy groups -OCH3 is 1. The highest BCUT2D eigenvalue weighted by molar-refractivity contribution is 5.98. The van der Waals surface area contributed by atoms with Gasteiger partial charge < -0.3 is 20.9 Å². The number of carbonyl (C=O) groups is 1. The van der Waals surface area contributed by atoms with E-state index >= 15 is 0 Å². The van der Waals surface area contributed by atoms with Crippen LogP contribution < -0.4 is 11.1 Å². The summed E-state index contributed by atoms with van der Waals surface area (Å²) in [7, 11) is 1.62. The van der Waals surface area contributed by atoms with E-state index in [1.54, 1.807) is 36.3 Å². The van der Waals surface area contributed by atoms with Crippen LogP contribution in [0.5, 0.6) is 0 Å². The zero-order valence-electron chi connectivity index (χ0n) is 11.0. The highest BCUT2D eigenvalue weighted by Gasteiger charge is 2.13. The second kappa shape index (κ2) is 6.07. The van der Waals surface area contributed by atoms with E-state index in [4.69, 9.17) is 15.6 Å². The van der Waals surface area contributed by atoms with Crippen molar-refractivity contribution in [3.63, 3.8) is 0 Å². The number of anilines is 3. The molecule has 0 aliphatic carbocycles. The molecular weight excluding hydrogens is 260 g/mol. The molecule has 4 N–H and O–H groups in total. The molecule has 0 aliphatic heterocycles. The maximum absolute atomic E-state index is 11.2. The quantitative estimate of drug-likeness (QED) is 0.692. The van der Waals surface area contributed by atoms with Crippen molar-refractivity contribution in [2.24, 2.45) is 0 Å². The van der Waals surface area contributed by atoms with Gasteiger partial charge in [0.1, 0.15) is 0 Å². The number of benzene rings is 1. The van der Waals surface area contributed by atoms with E-state index < -0.39 is 5.97 Å². The number of aromatic carboxylic acids is 1. The molecule has 20 heavy (non-hydrogen) atoms. The van der Waals surface area contributed by atoms with Crippen LogP contribution in [-0.2, 0) is 11.3 Å². The average molecular weight is 276 g/mol. The molecule has 1 heterocycles. The SMILES string of the molecule is COCCn1cc(Nc2c(N)cccc2C(=O)O)cn1. The van der Waals surface area contributed by atoms with E-state index in [0.29, 0.717) is 30.2 Å². The largest absolute Gasteiger partial charge is 0.478 e. The molecule has 0 radical (unpaired) electrons. The normalized spacial score (nSPS) is 10.4. The first-order chi connectivity index (χ1) is 9.61. The number of para-hydroxylation sites is 1. The topological polar surface area (TPSA) is 102 Å². The van der Waals surface area contributed by atoms with Crippen molar-refractivity contribution in [2.75, 3.05) is 24.8 Å². The van der Waals surface area contributed by atoms with E-state index in [1.807, 2.05) is 0 Å². The molecular formula is C13H16N4O3. The minimum Gasteiger partial charge on any atom is -0.478 e. The van der Waals surface area contributed by atoms with Gasteiger partial charge >= 0.3 is 5.97 Å². The van der Waals surface area contributed by atoms with E-state index in [-0.39, 0.29) is 5.56 Å². The third-order valence-electron chi connectivity index (χ3n) is 2.75. The highest BCUT2D eigenvalue weighted by Crippen LogP contribution is 2.27. The van der Waals surface area contributed by atoms with Gasteiger partial charge in [-0.1, -0.05) is 6.07 Å². The monoisotopic (exact) mass is 276 g/mol. The van der Waals surface area contributed by atoms with E-state index in [1.165, 1.54) is 6.07 Å². The Balaban J connectivity index is 2.21. The molecule has 0 saturated heterocycles. The molecule has 0 atom stereocenters. The minimum atomic E-state index is -1.04. The summed E-state index contributed by atoms with van der Waals surface area (Å²) >= 11 is 0. The number of carboxylic acid groups (broad SMARTS) is 1. The van der Waals surface area contributed by atoms with Crippen molar-refractivity contribution in [1.82, 2.24) is 9.78 Å². The van der Waals surface area contributed by atoms with Gasteiger partial charge in [-0.2, -0.15) is 5.10 Å². The molecule has 2 rings (SSSR count). The summed E-state index contributed by atoms with van der Waals surface area (Å²) in [6, 6.07) is 4.74. The van der Waals surface area contributed by atoms with Crippen LogP contribution in [0, 0.1) is 0 Å². The van der Waals surface area contributed by atoms with Crippen molar-refractivity contribution in [2.45, 2.75) is 6.54 Å². The molecule has 0 aliphatic rings. The van der Waals surface area contributed by atoms with Crippen LogP contribution in [0.4, 0.5) is 17.1 Å². The number of nitrogens with two attached hydrogens (primary N) is 1.